The Morgan fingerprint density at radius 3 is 2.22 bits per heavy atom. The maximum absolute atomic E-state index is 5.50. The van der Waals surface area contributed by atoms with Gasteiger partial charge in [-0.2, -0.15) is 0 Å². The van der Waals surface area contributed by atoms with Crippen LogP contribution in [0.4, 0.5) is 0 Å². The third-order valence-electron chi connectivity index (χ3n) is 1.38. The van der Waals surface area contributed by atoms with Crippen molar-refractivity contribution in [1.82, 2.24) is 0 Å². The molecule has 0 saturated carbocycles. The minimum absolute atomic E-state index is 0.670. The molecule has 54 valence electrons. The highest BCUT2D eigenvalue weighted by Crippen LogP contribution is 1.98. The van der Waals surface area contributed by atoms with Crippen LogP contribution < -0.4 is 5.73 Å². The third kappa shape index (κ3) is 4.93. The van der Waals surface area contributed by atoms with Crippen LogP contribution in [0.25, 0.3) is 0 Å². The van der Waals surface area contributed by atoms with E-state index in [9.17, 15) is 0 Å². The fraction of sp³-hybridized carbons (Fsp3) is 1.00. The summed E-state index contributed by atoms with van der Waals surface area (Å²) in [7, 11) is 0. The van der Waals surface area contributed by atoms with E-state index in [0.717, 1.165) is 6.61 Å². The predicted molar refractivity (Wildman–Crippen MR) is 41.7 cm³/mol. The van der Waals surface area contributed by atoms with Gasteiger partial charge in [0.1, 0.15) is 0 Å². The number of hydrogen-bond donors (Lipinski definition) is 1. The molecule has 0 heterocycles. The first-order valence-corrected chi connectivity index (χ1v) is 5.77. The van der Waals surface area contributed by atoms with Gasteiger partial charge in [0.2, 0.25) is 0 Å². The summed E-state index contributed by atoms with van der Waals surface area (Å²) in [6, 6.07) is 0. The maximum atomic E-state index is 5.50. The van der Waals surface area contributed by atoms with Crippen LogP contribution in [-0.4, -0.2) is 27.6 Å². The quantitative estimate of drug-likeness (QED) is 0.585. The van der Waals surface area contributed by atoms with E-state index >= 15 is 0 Å². The molecule has 0 aromatic rings. The van der Waals surface area contributed by atoms with Gasteiger partial charge in [0.15, 0.2) is 0 Å². The molecule has 0 amide bonds. The second kappa shape index (κ2) is 6.57. The Morgan fingerprint density at radius 2 is 1.89 bits per heavy atom. The fourth-order valence-corrected chi connectivity index (χ4v) is 2.28. The number of rotatable bonds is 5. The van der Waals surface area contributed by atoms with E-state index in [0.29, 0.717) is 6.54 Å². The Balaban J connectivity index is 3.09. The van der Waals surface area contributed by atoms with Gasteiger partial charge in [-0.1, -0.05) is 24.4 Å². The highest BCUT2D eigenvalue weighted by atomic mass is 27.2. The summed E-state index contributed by atoms with van der Waals surface area (Å²) in [6.07, 6.45) is 0. The highest BCUT2D eigenvalue weighted by Gasteiger charge is 2.13. The lowest BCUT2D eigenvalue weighted by Gasteiger charge is -2.06. The smallest absolute Gasteiger partial charge is 0.460 e. The van der Waals surface area contributed by atoms with Crippen molar-refractivity contribution >= 4 is 14.5 Å². The largest absolute Gasteiger partial charge is 0.500 e. The Labute approximate surface area is 62.1 Å². The van der Waals surface area contributed by atoms with E-state index in [1.807, 2.05) is 0 Å². The monoisotopic (exact) mass is 145 g/mol. The Kier molecular flexibility index (Phi) is 6.90. The molecule has 0 bridgehead atoms. The van der Waals surface area contributed by atoms with Gasteiger partial charge in [0, 0.05) is 13.2 Å². The van der Waals surface area contributed by atoms with Crippen LogP contribution in [0.5, 0.6) is 0 Å². The molecule has 3 heteroatoms. The van der Waals surface area contributed by atoms with Crippen molar-refractivity contribution in [3.8, 4) is 0 Å². The van der Waals surface area contributed by atoms with Gasteiger partial charge in [-0.15, -0.1) is 0 Å². The molecule has 0 saturated heterocycles. The fourth-order valence-electron chi connectivity index (χ4n) is 0.759. The molecule has 2 nitrogen and oxygen atoms in total. The molecule has 0 aliphatic carbocycles. The summed E-state index contributed by atoms with van der Waals surface area (Å²) in [5.41, 5.74) is 5.28. The molecule has 9 heavy (non-hydrogen) atoms. The Morgan fingerprint density at radius 1 is 1.33 bits per heavy atom. The van der Waals surface area contributed by atoms with E-state index in [1.165, 1.54) is 10.6 Å². The average Bonchev–Trinajstić information content (AvgIpc) is 1.91. The third-order valence-corrected chi connectivity index (χ3v) is 3.91. The van der Waals surface area contributed by atoms with Crippen molar-refractivity contribution in [2.24, 2.45) is 5.73 Å². The summed E-state index contributed by atoms with van der Waals surface area (Å²) in [5.74, 6) is 0. The van der Waals surface area contributed by atoms with Crippen LogP contribution in [0.15, 0.2) is 0 Å². The van der Waals surface area contributed by atoms with Crippen molar-refractivity contribution in [2.45, 2.75) is 24.4 Å². The van der Waals surface area contributed by atoms with Gasteiger partial charge in [-0.05, 0) is 0 Å². The summed E-state index contributed by atoms with van der Waals surface area (Å²) in [6.45, 7) is 5.82. The second-order valence-electron chi connectivity index (χ2n) is 2.10. The van der Waals surface area contributed by atoms with E-state index in [1.54, 1.807) is 0 Å². The van der Waals surface area contributed by atoms with Crippen LogP contribution in [0.2, 0.25) is 10.6 Å². The molecule has 0 aliphatic rings. The van der Waals surface area contributed by atoms with E-state index < -0.39 is 14.5 Å². The van der Waals surface area contributed by atoms with Gasteiger partial charge >= 0.3 is 14.5 Å². The van der Waals surface area contributed by atoms with Crippen molar-refractivity contribution in [1.29, 1.82) is 0 Å². The van der Waals surface area contributed by atoms with Crippen LogP contribution in [0.3, 0.4) is 0 Å². The molecule has 0 spiro atoms. The van der Waals surface area contributed by atoms with E-state index in [2.05, 4.69) is 13.8 Å². The van der Waals surface area contributed by atoms with Crippen molar-refractivity contribution < 1.29 is 3.79 Å². The lowest BCUT2D eigenvalue weighted by molar-refractivity contribution is 0.330. The molecule has 0 aromatic heterocycles. The van der Waals surface area contributed by atoms with Gasteiger partial charge in [0.05, 0.1) is 0 Å². The molecule has 0 fully saturated rings. The zero-order valence-electron chi connectivity index (χ0n) is 6.39. The standard InChI is InChI=1S/C2H6NO.2C2H5.Al/c3-1-2-4;2*1-2;/h1-3H2;2*1H2,2H3;/q-1;;;+1. The normalized spacial score (nSPS) is 9.67. The molecule has 0 rings (SSSR count). The minimum atomic E-state index is -0.790. The Hall–Kier alpha value is 0.452. The van der Waals surface area contributed by atoms with Gasteiger partial charge in [-0.3, -0.25) is 0 Å². The van der Waals surface area contributed by atoms with Crippen molar-refractivity contribution in [3.05, 3.63) is 0 Å². The first-order chi connectivity index (χ1) is 4.35. The lowest BCUT2D eigenvalue weighted by Crippen LogP contribution is -2.20. The first kappa shape index (κ1) is 9.45. The van der Waals surface area contributed by atoms with Crippen LogP contribution in [-0.2, 0) is 3.79 Å². The second-order valence-corrected chi connectivity index (χ2v) is 5.31. The molecule has 0 atom stereocenters. The zero-order valence-corrected chi connectivity index (χ0v) is 7.55. The topological polar surface area (TPSA) is 35.2 Å². The van der Waals surface area contributed by atoms with Gasteiger partial charge < -0.3 is 9.52 Å². The maximum Gasteiger partial charge on any atom is 0.460 e. The molecular weight excluding hydrogens is 129 g/mol. The molecule has 0 aliphatic heterocycles. The SMILES string of the molecule is C[CH2][Al]([CH2]C)[O]CCN. The number of hydrogen-bond acceptors (Lipinski definition) is 2. The molecule has 0 radical (unpaired) electrons. The van der Waals surface area contributed by atoms with E-state index in [4.69, 9.17) is 9.52 Å². The molecular formula is C6H16AlNO. The van der Waals surface area contributed by atoms with Crippen LogP contribution in [0, 0.1) is 0 Å². The van der Waals surface area contributed by atoms with Crippen molar-refractivity contribution in [2.75, 3.05) is 13.2 Å². The molecule has 0 unspecified atom stereocenters. The summed E-state index contributed by atoms with van der Waals surface area (Å²) >= 11 is -0.790. The predicted octanol–water partition coefficient (Wildman–Crippen LogP) is 0.993. The summed E-state index contributed by atoms with van der Waals surface area (Å²) in [5, 5.41) is 2.47. The average molecular weight is 145 g/mol. The Bertz CT molecular complexity index is 57.0. The number of nitrogens with two attached hydrogens (primary N) is 1. The highest BCUT2D eigenvalue weighted by molar-refractivity contribution is 6.51. The van der Waals surface area contributed by atoms with Gasteiger partial charge in [0.25, 0.3) is 0 Å². The molecule has 2 N–H and O–H groups in total. The zero-order chi connectivity index (χ0) is 7.11. The molecule has 0 aromatic carbocycles. The van der Waals surface area contributed by atoms with Crippen molar-refractivity contribution in [3.63, 3.8) is 0 Å². The lowest BCUT2D eigenvalue weighted by atomic mass is 10.8. The summed E-state index contributed by atoms with van der Waals surface area (Å²) in [4.78, 5) is 0. The van der Waals surface area contributed by atoms with Crippen LogP contribution >= 0.6 is 0 Å². The summed E-state index contributed by atoms with van der Waals surface area (Å²) < 4.78 is 5.50. The minimum Gasteiger partial charge on any atom is -0.500 e. The van der Waals surface area contributed by atoms with Crippen LogP contribution in [0.1, 0.15) is 13.8 Å². The first-order valence-electron chi connectivity index (χ1n) is 3.66. The van der Waals surface area contributed by atoms with E-state index in [-0.39, 0.29) is 0 Å². The van der Waals surface area contributed by atoms with Gasteiger partial charge in [-0.25, -0.2) is 0 Å².